The molecule has 0 aliphatic heterocycles. The number of rotatable bonds is 5. The predicted octanol–water partition coefficient (Wildman–Crippen LogP) is 4.76. The van der Waals surface area contributed by atoms with Gasteiger partial charge in [-0.25, -0.2) is 0 Å². The number of anilines is 1. The van der Waals surface area contributed by atoms with Crippen LogP contribution in [-0.4, -0.2) is 20.6 Å². The first kappa shape index (κ1) is 16.2. The number of hydrogen-bond acceptors (Lipinski definition) is 2. The lowest BCUT2D eigenvalue weighted by molar-refractivity contribution is 0.631. The molecule has 0 bridgehead atoms. The number of nitrogens with zero attached hydrogens (tertiary/aromatic N) is 1. The van der Waals surface area contributed by atoms with Gasteiger partial charge in [0.2, 0.25) is 0 Å². The first-order valence-electron chi connectivity index (χ1n) is 6.98. The molecule has 0 aliphatic carbocycles. The molecule has 0 heterocycles. The van der Waals surface area contributed by atoms with Crippen LogP contribution in [-0.2, 0) is 0 Å². The van der Waals surface area contributed by atoms with Gasteiger partial charge in [-0.15, -0.1) is 0 Å². The molecular weight excluding hydrogens is 303 g/mol. The maximum absolute atomic E-state index is 6.15. The Labute approximate surface area is 136 Å². The second-order valence-corrected chi connectivity index (χ2v) is 5.96. The summed E-state index contributed by atoms with van der Waals surface area (Å²) < 4.78 is 0. The molecule has 2 aromatic carbocycles. The van der Waals surface area contributed by atoms with Gasteiger partial charge >= 0.3 is 0 Å². The van der Waals surface area contributed by atoms with Crippen LogP contribution in [0.3, 0.4) is 0 Å². The van der Waals surface area contributed by atoms with Crippen LogP contribution in [0.2, 0.25) is 10.0 Å². The van der Waals surface area contributed by atoms with Crippen molar-refractivity contribution >= 4 is 28.9 Å². The highest BCUT2D eigenvalue weighted by molar-refractivity contribution is 6.42. The fraction of sp³-hybridized carbons (Fsp3) is 0.294. The standard InChI is InChI=1S/C17H20Cl2N2/c1-4-20-17(13-7-10-15(18)16(19)11-13)12-5-8-14(9-6-12)21(2)3/h5-11,17,20H,4H2,1-3H3. The average molecular weight is 323 g/mol. The molecule has 0 aliphatic rings. The summed E-state index contributed by atoms with van der Waals surface area (Å²) in [5.41, 5.74) is 3.51. The molecule has 0 aromatic heterocycles. The molecule has 112 valence electrons. The van der Waals surface area contributed by atoms with Gasteiger partial charge in [0.15, 0.2) is 0 Å². The monoisotopic (exact) mass is 322 g/mol. The molecule has 0 saturated carbocycles. The molecule has 1 unspecified atom stereocenters. The van der Waals surface area contributed by atoms with Crippen molar-refractivity contribution in [2.45, 2.75) is 13.0 Å². The maximum atomic E-state index is 6.15. The fourth-order valence-electron chi connectivity index (χ4n) is 2.29. The van der Waals surface area contributed by atoms with E-state index >= 15 is 0 Å². The number of halogens is 2. The highest BCUT2D eigenvalue weighted by atomic mass is 35.5. The van der Waals surface area contributed by atoms with E-state index < -0.39 is 0 Å². The minimum Gasteiger partial charge on any atom is -0.378 e. The molecule has 1 atom stereocenters. The summed E-state index contributed by atoms with van der Waals surface area (Å²) in [6.07, 6.45) is 0. The van der Waals surface area contributed by atoms with Gasteiger partial charge in [-0.2, -0.15) is 0 Å². The number of nitrogens with one attached hydrogen (secondary N) is 1. The van der Waals surface area contributed by atoms with E-state index in [1.807, 2.05) is 32.3 Å². The lowest BCUT2D eigenvalue weighted by atomic mass is 9.98. The van der Waals surface area contributed by atoms with E-state index in [0.29, 0.717) is 10.0 Å². The van der Waals surface area contributed by atoms with Gasteiger partial charge in [-0.05, 0) is 41.9 Å². The fourth-order valence-corrected chi connectivity index (χ4v) is 2.60. The molecule has 2 nitrogen and oxygen atoms in total. The van der Waals surface area contributed by atoms with Gasteiger partial charge in [-0.3, -0.25) is 0 Å². The van der Waals surface area contributed by atoms with Gasteiger partial charge in [0.25, 0.3) is 0 Å². The Hall–Kier alpha value is -1.22. The zero-order valence-electron chi connectivity index (χ0n) is 12.5. The maximum Gasteiger partial charge on any atom is 0.0595 e. The average Bonchev–Trinajstić information content (AvgIpc) is 2.48. The summed E-state index contributed by atoms with van der Waals surface area (Å²) in [5.74, 6) is 0. The van der Waals surface area contributed by atoms with Crippen molar-refractivity contribution in [3.8, 4) is 0 Å². The topological polar surface area (TPSA) is 15.3 Å². The van der Waals surface area contributed by atoms with E-state index in [2.05, 4.69) is 41.4 Å². The minimum atomic E-state index is 0.112. The highest BCUT2D eigenvalue weighted by Gasteiger charge is 2.14. The van der Waals surface area contributed by atoms with Crippen molar-refractivity contribution in [3.63, 3.8) is 0 Å². The third-order valence-corrected chi connectivity index (χ3v) is 4.17. The Morgan fingerprint density at radius 1 is 0.952 bits per heavy atom. The van der Waals surface area contributed by atoms with E-state index in [1.54, 1.807) is 0 Å². The van der Waals surface area contributed by atoms with Crippen molar-refractivity contribution in [1.82, 2.24) is 5.32 Å². The Kier molecular flexibility index (Phi) is 5.51. The smallest absolute Gasteiger partial charge is 0.0595 e. The summed E-state index contributed by atoms with van der Waals surface area (Å²) in [6, 6.07) is 14.4. The quantitative estimate of drug-likeness (QED) is 0.853. The van der Waals surface area contributed by atoms with Crippen molar-refractivity contribution in [2.24, 2.45) is 0 Å². The predicted molar refractivity (Wildman–Crippen MR) is 92.8 cm³/mol. The molecule has 0 saturated heterocycles. The summed E-state index contributed by atoms with van der Waals surface area (Å²) in [6.45, 7) is 2.97. The largest absolute Gasteiger partial charge is 0.378 e. The molecule has 0 spiro atoms. The number of benzene rings is 2. The normalized spacial score (nSPS) is 12.2. The van der Waals surface area contributed by atoms with Crippen LogP contribution in [0, 0.1) is 0 Å². The van der Waals surface area contributed by atoms with Gasteiger partial charge < -0.3 is 10.2 Å². The van der Waals surface area contributed by atoms with E-state index in [1.165, 1.54) is 11.3 Å². The summed E-state index contributed by atoms with van der Waals surface area (Å²) in [7, 11) is 4.07. The Morgan fingerprint density at radius 2 is 1.57 bits per heavy atom. The van der Waals surface area contributed by atoms with Crippen LogP contribution in [0.4, 0.5) is 5.69 Å². The first-order chi connectivity index (χ1) is 10.0. The van der Waals surface area contributed by atoms with Gasteiger partial charge in [-0.1, -0.05) is 48.3 Å². The zero-order chi connectivity index (χ0) is 15.4. The van der Waals surface area contributed by atoms with Gasteiger partial charge in [0.05, 0.1) is 16.1 Å². The van der Waals surface area contributed by atoms with E-state index in [-0.39, 0.29) is 6.04 Å². The van der Waals surface area contributed by atoms with Crippen LogP contribution < -0.4 is 10.2 Å². The van der Waals surface area contributed by atoms with E-state index in [0.717, 1.165) is 12.1 Å². The third-order valence-electron chi connectivity index (χ3n) is 3.43. The molecular formula is C17H20Cl2N2. The highest BCUT2D eigenvalue weighted by Crippen LogP contribution is 2.29. The lowest BCUT2D eigenvalue weighted by Gasteiger charge is -2.21. The summed E-state index contributed by atoms with van der Waals surface area (Å²) in [5, 5.41) is 4.66. The van der Waals surface area contributed by atoms with Crippen LogP contribution in [0.5, 0.6) is 0 Å². The Bertz CT molecular complexity index is 594. The van der Waals surface area contributed by atoms with Crippen LogP contribution in [0.1, 0.15) is 24.1 Å². The van der Waals surface area contributed by atoms with Crippen molar-refractivity contribution in [2.75, 3.05) is 25.5 Å². The van der Waals surface area contributed by atoms with Crippen molar-refractivity contribution < 1.29 is 0 Å². The SMILES string of the molecule is CCNC(c1ccc(N(C)C)cc1)c1ccc(Cl)c(Cl)c1. The summed E-state index contributed by atoms with van der Waals surface area (Å²) in [4.78, 5) is 2.09. The molecule has 4 heteroatoms. The molecule has 1 N–H and O–H groups in total. The first-order valence-corrected chi connectivity index (χ1v) is 7.74. The van der Waals surface area contributed by atoms with Crippen molar-refractivity contribution in [3.05, 3.63) is 63.6 Å². The van der Waals surface area contributed by atoms with Gasteiger partial charge in [0.1, 0.15) is 0 Å². The molecule has 0 radical (unpaired) electrons. The second-order valence-electron chi connectivity index (χ2n) is 5.15. The molecule has 21 heavy (non-hydrogen) atoms. The Balaban J connectivity index is 2.35. The van der Waals surface area contributed by atoms with Crippen LogP contribution in [0.15, 0.2) is 42.5 Å². The van der Waals surface area contributed by atoms with Crippen molar-refractivity contribution in [1.29, 1.82) is 0 Å². The van der Waals surface area contributed by atoms with Crippen LogP contribution in [0.25, 0.3) is 0 Å². The van der Waals surface area contributed by atoms with Gasteiger partial charge in [0, 0.05) is 19.8 Å². The molecule has 2 rings (SSSR count). The molecule has 0 amide bonds. The summed E-state index contributed by atoms with van der Waals surface area (Å²) >= 11 is 12.2. The van der Waals surface area contributed by atoms with E-state index in [4.69, 9.17) is 23.2 Å². The number of hydrogen-bond donors (Lipinski definition) is 1. The lowest BCUT2D eigenvalue weighted by Crippen LogP contribution is -2.22. The minimum absolute atomic E-state index is 0.112. The molecule has 0 fully saturated rings. The Morgan fingerprint density at radius 3 is 2.10 bits per heavy atom. The van der Waals surface area contributed by atoms with E-state index in [9.17, 15) is 0 Å². The molecule has 2 aromatic rings. The third kappa shape index (κ3) is 3.91. The van der Waals surface area contributed by atoms with Crippen LogP contribution >= 0.6 is 23.2 Å². The second kappa shape index (κ2) is 7.17. The zero-order valence-corrected chi connectivity index (χ0v) is 14.0.